The number of para-hydroxylation sites is 3. The van der Waals surface area contributed by atoms with Crippen LogP contribution in [0.4, 0.5) is 17.1 Å². The van der Waals surface area contributed by atoms with Gasteiger partial charge in [-0.25, -0.2) is 0 Å². The third-order valence-electron chi connectivity index (χ3n) is 7.93. The Hall–Kier alpha value is -5.34. The zero-order valence-corrected chi connectivity index (χ0v) is 21.9. The van der Waals surface area contributed by atoms with Gasteiger partial charge in [-0.1, -0.05) is 103 Å². The van der Waals surface area contributed by atoms with E-state index in [4.69, 9.17) is 0 Å². The lowest BCUT2D eigenvalue weighted by Crippen LogP contribution is -2.10. The predicted octanol–water partition coefficient (Wildman–Crippen LogP) is 10.6. The summed E-state index contributed by atoms with van der Waals surface area (Å²) in [5.41, 5.74) is 7.05. The number of hydrogen-bond donors (Lipinski definition) is 0. The second kappa shape index (κ2) is 9.14. The number of fused-ring (bicyclic) bond motifs is 6. The first-order chi connectivity index (χ1) is 19.9. The van der Waals surface area contributed by atoms with Crippen LogP contribution in [-0.4, -0.2) is 4.57 Å². The number of aromatic nitrogens is 1. The maximum absolute atomic E-state index is 2.41. The van der Waals surface area contributed by atoms with Gasteiger partial charge in [0.2, 0.25) is 0 Å². The first kappa shape index (κ1) is 22.6. The molecule has 0 fully saturated rings. The van der Waals surface area contributed by atoms with E-state index in [0.717, 1.165) is 11.4 Å². The number of nitrogens with zero attached hydrogens (tertiary/aromatic N) is 2. The molecule has 7 aromatic carbocycles. The van der Waals surface area contributed by atoms with E-state index in [9.17, 15) is 0 Å². The second-order valence-corrected chi connectivity index (χ2v) is 10.2. The van der Waals surface area contributed by atoms with Gasteiger partial charge < -0.3 is 9.47 Å². The largest absolute Gasteiger partial charge is 0.310 e. The van der Waals surface area contributed by atoms with Crippen LogP contribution in [0.25, 0.3) is 49.0 Å². The lowest BCUT2D eigenvalue weighted by molar-refractivity contribution is 1.19. The Labute approximate surface area is 233 Å². The molecule has 40 heavy (non-hydrogen) atoms. The summed E-state index contributed by atoms with van der Waals surface area (Å²) in [4.78, 5) is 2.36. The van der Waals surface area contributed by atoms with Crippen molar-refractivity contribution in [3.63, 3.8) is 0 Å². The highest BCUT2D eigenvalue weighted by Crippen LogP contribution is 2.43. The molecule has 0 aliphatic rings. The topological polar surface area (TPSA) is 8.17 Å². The molecule has 8 rings (SSSR count). The van der Waals surface area contributed by atoms with E-state index >= 15 is 0 Å². The standard InChI is InChI=1S/C38H26N2/c1-3-14-29(15-4-1)39(30-16-5-2-6-17-30)35-21-11-19-33-32(35)24-25-37-38(33)34-18-9-10-20-36(34)40(37)31-23-22-27-12-7-8-13-28(27)26-31/h1-26H. The van der Waals surface area contributed by atoms with Crippen molar-refractivity contribution in [2.75, 3.05) is 4.90 Å². The first-order valence-electron chi connectivity index (χ1n) is 13.7. The zero-order chi connectivity index (χ0) is 26.5. The van der Waals surface area contributed by atoms with Gasteiger partial charge in [0.15, 0.2) is 0 Å². The van der Waals surface area contributed by atoms with Gasteiger partial charge in [0.1, 0.15) is 0 Å². The summed E-state index contributed by atoms with van der Waals surface area (Å²) >= 11 is 0. The molecule has 0 aliphatic carbocycles. The fourth-order valence-electron chi connectivity index (χ4n) is 6.18. The minimum atomic E-state index is 1.14. The summed E-state index contributed by atoms with van der Waals surface area (Å²) in [6.07, 6.45) is 0. The molecule has 0 bridgehead atoms. The molecule has 0 amide bonds. The summed E-state index contributed by atoms with van der Waals surface area (Å²) in [5.74, 6) is 0. The predicted molar refractivity (Wildman–Crippen MR) is 170 cm³/mol. The van der Waals surface area contributed by atoms with E-state index in [1.807, 2.05) is 0 Å². The smallest absolute Gasteiger partial charge is 0.0547 e. The van der Waals surface area contributed by atoms with Gasteiger partial charge in [0.25, 0.3) is 0 Å². The molecule has 0 atom stereocenters. The van der Waals surface area contributed by atoms with Crippen molar-refractivity contribution in [3.8, 4) is 5.69 Å². The quantitative estimate of drug-likeness (QED) is 0.229. The van der Waals surface area contributed by atoms with Gasteiger partial charge in [0.05, 0.1) is 16.7 Å². The van der Waals surface area contributed by atoms with E-state index in [1.54, 1.807) is 0 Å². The van der Waals surface area contributed by atoms with E-state index in [-0.39, 0.29) is 0 Å². The normalized spacial score (nSPS) is 11.5. The van der Waals surface area contributed by atoms with Gasteiger partial charge in [0, 0.05) is 33.2 Å². The third-order valence-corrected chi connectivity index (χ3v) is 7.93. The van der Waals surface area contributed by atoms with Gasteiger partial charge in [-0.2, -0.15) is 0 Å². The van der Waals surface area contributed by atoms with Crippen molar-refractivity contribution in [2.45, 2.75) is 0 Å². The Kier molecular flexibility index (Phi) is 5.17. The molecular weight excluding hydrogens is 484 g/mol. The van der Waals surface area contributed by atoms with Crippen LogP contribution in [0.15, 0.2) is 158 Å². The highest BCUT2D eigenvalue weighted by Gasteiger charge is 2.19. The number of anilines is 3. The molecule has 0 N–H and O–H groups in total. The van der Waals surface area contributed by atoms with Crippen molar-refractivity contribution in [1.29, 1.82) is 0 Å². The van der Waals surface area contributed by atoms with Gasteiger partial charge >= 0.3 is 0 Å². The van der Waals surface area contributed by atoms with Crippen LogP contribution < -0.4 is 4.90 Å². The zero-order valence-electron chi connectivity index (χ0n) is 21.9. The maximum atomic E-state index is 2.41. The Bertz CT molecular complexity index is 2120. The SMILES string of the molecule is c1ccc(N(c2ccccc2)c2cccc3c2ccc2c3c3ccccc3n2-c2ccc3ccccc3c2)cc1. The summed E-state index contributed by atoms with van der Waals surface area (Å²) in [7, 11) is 0. The molecule has 1 heterocycles. The highest BCUT2D eigenvalue weighted by molar-refractivity contribution is 6.23. The first-order valence-corrected chi connectivity index (χ1v) is 13.7. The van der Waals surface area contributed by atoms with Crippen LogP contribution in [0.1, 0.15) is 0 Å². The second-order valence-electron chi connectivity index (χ2n) is 10.2. The molecule has 0 aliphatic heterocycles. The van der Waals surface area contributed by atoms with Crippen LogP contribution >= 0.6 is 0 Å². The summed E-state index contributed by atoms with van der Waals surface area (Å²) in [6, 6.07) is 56.7. The monoisotopic (exact) mass is 510 g/mol. The van der Waals surface area contributed by atoms with Crippen LogP contribution in [0, 0.1) is 0 Å². The fraction of sp³-hybridized carbons (Fsp3) is 0. The van der Waals surface area contributed by atoms with Crippen molar-refractivity contribution in [2.24, 2.45) is 0 Å². The molecule has 2 nitrogen and oxygen atoms in total. The maximum Gasteiger partial charge on any atom is 0.0547 e. The lowest BCUT2D eigenvalue weighted by atomic mass is 10.0. The van der Waals surface area contributed by atoms with E-state index < -0.39 is 0 Å². The van der Waals surface area contributed by atoms with Crippen LogP contribution in [0.3, 0.4) is 0 Å². The molecule has 0 saturated carbocycles. The van der Waals surface area contributed by atoms with Crippen LogP contribution in [-0.2, 0) is 0 Å². The highest BCUT2D eigenvalue weighted by atomic mass is 15.1. The van der Waals surface area contributed by atoms with Crippen molar-refractivity contribution < 1.29 is 0 Å². The van der Waals surface area contributed by atoms with Crippen molar-refractivity contribution in [3.05, 3.63) is 158 Å². The molecule has 188 valence electrons. The summed E-state index contributed by atoms with van der Waals surface area (Å²) in [6.45, 7) is 0. The average Bonchev–Trinajstić information content (AvgIpc) is 3.37. The molecule has 0 unspecified atom stereocenters. The Morgan fingerprint density at radius 3 is 1.82 bits per heavy atom. The van der Waals surface area contributed by atoms with E-state index in [1.165, 1.54) is 54.7 Å². The molecule has 0 radical (unpaired) electrons. The summed E-state index contributed by atoms with van der Waals surface area (Å²) in [5, 5.41) is 7.52. The van der Waals surface area contributed by atoms with E-state index in [0.29, 0.717) is 0 Å². The van der Waals surface area contributed by atoms with E-state index in [2.05, 4.69) is 167 Å². The Morgan fingerprint density at radius 2 is 1.05 bits per heavy atom. The van der Waals surface area contributed by atoms with Gasteiger partial charge in [-0.05, 0) is 70.8 Å². The number of benzene rings is 7. The van der Waals surface area contributed by atoms with Gasteiger partial charge in [-0.15, -0.1) is 0 Å². The Balaban J connectivity index is 1.44. The molecule has 2 heteroatoms. The van der Waals surface area contributed by atoms with Crippen LogP contribution in [0.2, 0.25) is 0 Å². The molecule has 0 spiro atoms. The molecular formula is C38H26N2. The minimum Gasteiger partial charge on any atom is -0.310 e. The third kappa shape index (κ3) is 3.50. The minimum absolute atomic E-state index is 1.14. The molecule has 8 aromatic rings. The number of hydrogen-bond acceptors (Lipinski definition) is 1. The van der Waals surface area contributed by atoms with Crippen molar-refractivity contribution >= 4 is 60.4 Å². The number of rotatable bonds is 4. The van der Waals surface area contributed by atoms with Gasteiger partial charge in [-0.3, -0.25) is 0 Å². The molecule has 0 saturated heterocycles. The van der Waals surface area contributed by atoms with Crippen molar-refractivity contribution in [1.82, 2.24) is 4.57 Å². The summed E-state index contributed by atoms with van der Waals surface area (Å²) < 4.78 is 2.41. The molecule has 1 aromatic heterocycles. The average molecular weight is 511 g/mol. The Morgan fingerprint density at radius 1 is 0.400 bits per heavy atom. The fourth-order valence-corrected chi connectivity index (χ4v) is 6.18. The van der Waals surface area contributed by atoms with Crippen LogP contribution in [0.5, 0.6) is 0 Å². The lowest BCUT2D eigenvalue weighted by Gasteiger charge is -2.27.